The van der Waals surface area contributed by atoms with Gasteiger partial charge in [0.05, 0.1) is 5.70 Å². The molecule has 0 saturated carbocycles. The van der Waals surface area contributed by atoms with Crippen molar-refractivity contribution in [3.8, 4) is 0 Å². The molecule has 0 fully saturated rings. The van der Waals surface area contributed by atoms with E-state index in [1.165, 1.54) is 18.2 Å². The van der Waals surface area contributed by atoms with Gasteiger partial charge in [0, 0.05) is 13.3 Å². The SMILES string of the molecule is COCN(C(=O)c1ccccn1)C(C=O)=Cc1ccccc1. The van der Waals surface area contributed by atoms with Crippen molar-refractivity contribution in [1.29, 1.82) is 0 Å². The first kappa shape index (κ1) is 15.6. The van der Waals surface area contributed by atoms with Gasteiger partial charge in [-0.1, -0.05) is 36.4 Å². The molecule has 0 spiro atoms. The number of methoxy groups -OCH3 is 1. The van der Waals surface area contributed by atoms with E-state index in [9.17, 15) is 9.59 Å². The van der Waals surface area contributed by atoms with Gasteiger partial charge in [-0.3, -0.25) is 19.5 Å². The zero-order valence-corrected chi connectivity index (χ0v) is 12.2. The molecule has 1 heterocycles. The summed E-state index contributed by atoms with van der Waals surface area (Å²) in [6.07, 6.45) is 3.79. The van der Waals surface area contributed by atoms with E-state index in [1.54, 1.807) is 24.3 Å². The molecule has 22 heavy (non-hydrogen) atoms. The number of hydrogen-bond donors (Lipinski definition) is 0. The molecule has 5 heteroatoms. The number of amides is 1. The van der Waals surface area contributed by atoms with Gasteiger partial charge in [0.2, 0.25) is 0 Å². The van der Waals surface area contributed by atoms with Crippen LogP contribution in [-0.4, -0.2) is 35.9 Å². The maximum atomic E-state index is 12.5. The van der Waals surface area contributed by atoms with Crippen molar-refractivity contribution in [2.24, 2.45) is 0 Å². The fraction of sp³-hybridized carbons (Fsp3) is 0.118. The normalized spacial score (nSPS) is 11.0. The number of nitrogens with zero attached hydrogens (tertiary/aromatic N) is 2. The number of rotatable bonds is 6. The molecule has 0 aliphatic heterocycles. The fourth-order valence-corrected chi connectivity index (χ4v) is 1.90. The summed E-state index contributed by atoms with van der Waals surface area (Å²) in [4.78, 5) is 29.2. The van der Waals surface area contributed by atoms with Crippen molar-refractivity contribution in [1.82, 2.24) is 9.88 Å². The van der Waals surface area contributed by atoms with Gasteiger partial charge in [-0.05, 0) is 23.8 Å². The lowest BCUT2D eigenvalue weighted by Crippen LogP contribution is -2.33. The molecule has 0 atom stereocenters. The van der Waals surface area contributed by atoms with Crippen molar-refractivity contribution >= 4 is 18.3 Å². The molecule has 0 aliphatic carbocycles. The van der Waals surface area contributed by atoms with Crippen molar-refractivity contribution < 1.29 is 14.3 Å². The highest BCUT2D eigenvalue weighted by Crippen LogP contribution is 2.12. The van der Waals surface area contributed by atoms with Gasteiger partial charge >= 0.3 is 0 Å². The maximum Gasteiger partial charge on any atom is 0.278 e. The second-order valence-corrected chi connectivity index (χ2v) is 4.46. The molecule has 1 amide bonds. The number of hydrogen-bond acceptors (Lipinski definition) is 4. The number of carbonyl (C=O) groups is 2. The van der Waals surface area contributed by atoms with E-state index in [0.717, 1.165) is 5.56 Å². The van der Waals surface area contributed by atoms with Crippen LogP contribution in [0.15, 0.2) is 60.4 Å². The largest absolute Gasteiger partial charge is 0.364 e. The summed E-state index contributed by atoms with van der Waals surface area (Å²) >= 11 is 0. The van der Waals surface area contributed by atoms with Gasteiger partial charge < -0.3 is 4.74 Å². The molecule has 0 unspecified atom stereocenters. The Balaban J connectivity index is 2.35. The summed E-state index contributed by atoms with van der Waals surface area (Å²) in [5.41, 5.74) is 1.28. The van der Waals surface area contributed by atoms with Crippen molar-refractivity contribution in [2.45, 2.75) is 0 Å². The predicted molar refractivity (Wildman–Crippen MR) is 82.8 cm³/mol. The summed E-state index contributed by atoms with van der Waals surface area (Å²) in [7, 11) is 1.46. The lowest BCUT2D eigenvalue weighted by atomic mass is 10.2. The second-order valence-electron chi connectivity index (χ2n) is 4.46. The number of allylic oxidation sites excluding steroid dienone is 1. The molecule has 1 aromatic carbocycles. The molecule has 2 aromatic rings. The van der Waals surface area contributed by atoms with Gasteiger partial charge in [-0.15, -0.1) is 0 Å². The Morgan fingerprint density at radius 2 is 1.91 bits per heavy atom. The molecule has 0 saturated heterocycles. The molecule has 2 rings (SSSR count). The van der Waals surface area contributed by atoms with E-state index < -0.39 is 5.91 Å². The third kappa shape index (κ3) is 3.86. The maximum absolute atomic E-state index is 12.5. The standard InChI is InChI=1S/C17H16N2O3/c1-22-13-19(17(21)16-9-5-6-10-18-16)15(12-20)11-14-7-3-2-4-8-14/h2-12H,13H2,1H3. The Kier molecular flexibility index (Phi) is 5.57. The van der Waals surface area contributed by atoms with Crippen molar-refractivity contribution in [3.63, 3.8) is 0 Å². The van der Waals surface area contributed by atoms with Gasteiger partial charge in [0.1, 0.15) is 12.4 Å². The zero-order valence-electron chi connectivity index (χ0n) is 12.2. The Bertz CT molecular complexity index is 654. The van der Waals surface area contributed by atoms with E-state index in [-0.39, 0.29) is 18.1 Å². The van der Waals surface area contributed by atoms with E-state index >= 15 is 0 Å². The topological polar surface area (TPSA) is 59.5 Å². The second kappa shape index (κ2) is 7.85. The van der Waals surface area contributed by atoms with Crippen LogP contribution in [-0.2, 0) is 9.53 Å². The van der Waals surface area contributed by atoms with Crippen molar-refractivity contribution in [2.75, 3.05) is 13.8 Å². The highest BCUT2D eigenvalue weighted by atomic mass is 16.5. The van der Waals surface area contributed by atoms with Crippen LogP contribution in [0.25, 0.3) is 6.08 Å². The molecular formula is C17H16N2O3. The summed E-state index contributed by atoms with van der Waals surface area (Å²) in [5.74, 6) is -0.392. The quantitative estimate of drug-likeness (QED) is 0.466. The van der Waals surface area contributed by atoms with Crippen LogP contribution < -0.4 is 0 Å². The monoisotopic (exact) mass is 296 g/mol. The molecule has 0 bridgehead atoms. The first-order valence-corrected chi connectivity index (χ1v) is 6.70. The lowest BCUT2D eigenvalue weighted by molar-refractivity contribution is -0.106. The zero-order chi connectivity index (χ0) is 15.8. The highest BCUT2D eigenvalue weighted by Gasteiger charge is 2.20. The number of aromatic nitrogens is 1. The number of benzene rings is 1. The number of pyridine rings is 1. The van der Waals surface area contributed by atoms with Crippen molar-refractivity contribution in [3.05, 3.63) is 71.7 Å². The van der Waals surface area contributed by atoms with Crippen LogP contribution in [0.5, 0.6) is 0 Å². The summed E-state index contributed by atoms with van der Waals surface area (Å²) in [5, 5.41) is 0. The van der Waals surface area contributed by atoms with Gasteiger partial charge in [-0.25, -0.2) is 0 Å². The van der Waals surface area contributed by atoms with E-state index in [0.29, 0.717) is 6.29 Å². The van der Waals surface area contributed by atoms with Crippen LogP contribution in [0.3, 0.4) is 0 Å². The molecule has 0 aliphatic rings. The molecule has 5 nitrogen and oxygen atoms in total. The van der Waals surface area contributed by atoms with Gasteiger partial charge in [0.25, 0.3) is 5.91 Å². The van der Waals surface area contributed by atoms with Crippen LogP contribution in [0.4, 0.5) is 0 Å². The Morgan fingerprint density at radius 1 is 1.18 bits per heavy atom. The van der Waals surface area contributed by atoms with Gasteiger partial charge in [0.15, 0.2) is 6.29 Å². The number of aldehydes is 1. The fourth-order valence-electron chi connectivity index (χ4n) is 1.90. The smallest absolute Gasteiger partial charge is 0.278 e. The number of carbonyl (C=O) groups excluding carboxylic acids is 2. The average molecular weight is 296 g/mol. The number of ether oxygens (including phenoxy) is 1. The molecule has 1 aromatic heterocycles. The van der Waals surface area contributed by atoms with Crippen LogP contribution >= 0.6 is 0 Å². The lowest BCUT2D eigenvalue weighted by Gasteiger charge is -2.21. The predicted octanol–water partition coefficient (Wildman–Crippen LogP) is 2.37. The van der Waals surface area contributed by atoms with Crippen LogP contribution in [0.2, 0.25) is 0 Å². The Hall–Kier alpha value is -2.79. The average Bonchev–Trinajstić information content (AvgIpc) is 2.59. The Labute approximate surface area is 128 Å². The molecule has 0 radical (unpaired) electrons. The summed E-state index contributed by atoms with van der Waals surface area (Å²) < 4.78 is 5.04. The molecule has 0 N–H and O–H groups in total. The molecular weight excluding hydrogens is 280 g/mol. The minimum atomic E-state index is -0.392. The van der Waals surface area contributed by atoms with Crippen LogP contribution in [0, 0.1) is 0 Å². The minimum absolute atomic E-state index is 0.0349. The summed E-state index contributed by atoms with van der Waals surface area (Å²) in [6, 6.07) is 14.3. The minimum Gasteiger partial charge on any atom is -0.364 e. The van der Waals surface area contributed by atoms with Crippen LogP contribution in [0.1, 0.15) is 16.1 Å². The summed E-state index contributed by atoms with van der Waals surface area (Å²) in [6.45, 7) is -0.0349. The Morgan fingerprint density at radius 3 is 2.50 bits per heavy atom. The first-order chi connectivity index (χ1) is 10.8. The third-order valence-electron chi connectivity index (χ3n) is 2.93. The van der Waals surface area contributed by atoms with E-state index in [1.807, 2.05) is 30.3 Å². The third-order valence-corrected chi connectivity index (χ3v) is 2.93. The van der Waals surface area contributed by atoms with Gasteiger partial charge in [-0.2, -0.15) is 0 Å². The first-order valence-electron chi connectivity index (χ1n) is 6.70. The molecule has 112 valence electrons. The van der Waals surface area contributed by atoms with E-state index in [2.05, 4.69) is 4.98 Å². The highest BCUT2D eigenvalue weighted by molar-refractivity contribution is 5.98. The van der Waals surface area contributed by atoms with E-state index in [4.69, 9.17) is 4.74 Å².